The molecule has 3 heterocycles. The van der Waals surface area contributed by atoms with E-state index >= 15 is 0 Å². The summed E-state index contributed by atoms with van der Waals surface area (Å²) in [6, 6.07) is 20.0. The predicted octanol–water partition coefficient (Wildman–Crippen LogP) is 5.33. The number of hydrogen-bond acceptors (Lipinski definition) is 6. The molecule has 38 heavy (non-hydrogen) atoms. The molecule has 0 bridgehead atoms. The van der Waals surface area contributed by atoms with Crippen LogP contribution in [-0.2, 0) is 17.6 Å². The van der Waals surface area contributed by atoms with Crippen molar-refractivity contribution in [3.8, 4) is 5.88 Å². The van der Waals surface area contributed by atoms with Crippen LogP contribution in [0.5, 0.6) is 5.88 Å². The maximum absolute atomic E-state index is 12.9. The molecule has 0 saturated carbocycles. The quantitative estimate of drug-likeness (QED) is 0.261. The fourth-order valence-electron chi connectivity index (χ4n) is 4.83. The van der Waals surface area contributed by atoms with Crippen LogP contribution in [-0.4, -0.2) is 44.3 Å². The van der Waals surface area contributed by atoms with Crippen molar-refractivity contribution in [2.75, 3.05) is 11.4 Å². The summed E-state index contributed by atoms with van der Waals surface area (Å²) in [6.07, 6.45) is 2.70. The number of carboxylic acid groups (broad SMARTS) is 1. The topological polar surface area (TPSA) is 119 Å². The molecule has 188 valence electrons. The highest BCUT2D eigenvalue weighted by Gasteiger charge is 2.26. The molecule has 0 fully saturated rings. The van der Waals surface area contributed by atoms with Gasteiger partial charge in [0.1, 0.15) is 5.01 Å². The second-order valence-corrected chi connectivity index (χ2v) is 9.93. The molecule has 0 spiro atoms. The Bertz CT molecular complexity index is 1710. The molecular weight excluding hydrogens is 500 g/mol. The highest BCUT2D eigenvalue weighted by molar-refractivity contribution is 7.09. The number of hydrogen-bond donors (Lipinski definition) is 3. The number of rotatable bonds is 6. The third-order valence-corrected chi connectivity index (χ3v) is 7.38. The lowest BCUT2D eigenvalue weighted by Gasteiger charge is -2.17. The fraction of sp³-hybridized carbons (Fsp3) is 0.103. The van der Waals surface area contributed by atoms with Gasteiger partial charge in [-0.25, -0.2) is 14.8 Å². The first-order chi connectivity index (χ1) is 18.5. The molecule has 8 nitrogen and oxygen atoms in total. The van der Waals surface area contributed by atoms with Gasteiger partial charge in [0.05, 0.1) is 28.9 Å². The molecule has 3 N–H and O–H groups in total. The molecule has 1 aliphatic heterocycles. The highest BCUT2D eigenvalue weighted by Crippen LogP contribution is 2.35. The maximum atomic E-state index is 12.9. The van der Waals surface area contributed by atoms with E-state index < -0.39 is 5.97 Å². The van der Waals surface area contributed by atoms with Crippen molar-refractivity contribution in [2.24, 2.45) is 4.99 Å². The number of H-pyrrole nitrogens is 1. The second-order valence-electron chi connectivity index (χ2n) is 8.95. The fourth-order valence-corrected chi connectivity index (χ4v) is 5.44. The number of fused-ring (bicyclic) bond motifs is 2. The number of aliphatic imine (C=N–C) groups is 1. The number of aromatic carboxylic acids is 1. The molecule has 6 rings (SSSR count). The number of aromatic amines is 1. The zero-order valence-electron chi connectivity index (χ0n) is 20.1. The normalized spacial score (nSPS) is 13.2. The monoisotopic (exact) mass is 522 g/mol. The van der Waals surface area contributed by atoms with Crippen LogP contribution in [0.2, 0.25) is 0 Å². The zero-order chi connectivity index (χ0) is 26.2. The van der Waals surface area contributed by atoms with E-state index in [-0.39, 0.29) is 23.8 Å². The Morgan fingerprint density at radius 2 is 1.89 bits per heavy atom. The predicted molar refractivity (Wildman–Crippen MR) is 147 cm³/mol. The molecule has 5 aromatic rings. The molecule has 9 heteroatoms. The van der Waals surface area contributed by atoms with E-state index in [1.165, 1.54) is 23.5 Å². The van der Waals surface area contributed by atoms with Crippen molar-refractivity contribution in [1.29, 1.82) is 0 Å². The SMILES string of the molecule is O=C(O)c1ccc2c(C(=Nc3ccc4c(c3)CCN4C(=O)Cc3nccs3)c3ccccc3)c(O)[nH]c2c1. The van der Waals surface area contributed by atoms with Crippen LogP contribution in [0, 0.1) is 0 Å². The highest BCUT2D eigenvalue weighted by atomic mass is 32.1. The minimum absolute atomic E-state index is 0.0179. The van der Waals surface area contributed by atoms with Gasteiger partial charge < -0.3 is 20.1 Å². The summed E-state index contributed by atoms with van der Waals surface area (Å²) in [7, 11) is 0. The van der Waals surface area contributed by atoms with Crippen LogP contribution in [0.15, 0.2) is 83.3 Å². The summed E-state index contributed by atoms with van der Waals surface area (Å²) in [6.45, 7) is 0.605. The zero-order valence-corrected chi connectivity index (χ0v) is 20.9. The Kier molecular flexibility index (Phi) is 5.97. The number of anilines is 1. The van der Waals surface area contributed by atoms with Gasteiger partial charge in [0.15, 0.2) is 5.88 Å². The Labute approximate surface area is 221 Å². The first-order valence-electron chi connectivity index (χ1n) is 12.0. The number of nitrogens with zero attached hydrogens (tertiary/aromatic N) is 3. The molecule has 0 aliphatic carbocycles. The maximum Gasteiger partial charge on any atom is 0.335 e. The van der Waals surface area contributed by atoms with Crippen molar-refractivity contribution < 1.29 is 19.8 Å². The van der Waals surface area contributed by atoms with E-state index in [9.17, 15) is 19.8 Å². The van der Waals surface area contributed by atoms with E-state index in [0.29, 0.717) is 34.4 Å². The van der Waals surface area contributed by atoms with Crippen molar-refractivity contribution in [3.63, 3.8) is 0 Å². The first kappa shape index (κ1) is 23.6. The number of aromatic nitrogens is 2. The molecule has 3 aromatic carbocycles. The van der Waals surface area contributed by atoms with Crippen LogP contribution in [0.4, 0.5) is 11.4 Å². The van der Waals surface area contributed by atoms with Crippen molar-refractivity contribution in [1.82, 2.24) is 9.97 Å². The molecule has 0 radical (unpaired) electrons. The van der Waals surface area contributed by atoms with E-state index in [2.05, 4.69) is 9.97 Å². The van der Waals surface area contributed by atoms with Crippen LogP contribution < -0.4 is 4.90 Å². The van der Waals surface area contributed by atoms with Gasteiger partial charge in [-0.05, 0) is 42.3 Å². The molecule has 2 aromatic heterocycles. The van der Waals surface area contributed by atoms with Gasteiger partial charge in [0.2, 0.25) is 5.91 Å². The Morgan fingerprint density at radius 1 is 1.05 bits per heavy atom. The lowest BCUT2D eigenvalue weighted by atomic mass is 10.00. The average Bonchev–Trinajstić information content (AvgIpc) is 3.65. The second kappa shape index (κ2) is 9.60. The minimum Gasteiger partial charge on any atom is -0.494 e. The lowest BCUT2D eigenvalue weighted by molar-refractivity contribution is -0.117. The Hall–Kier alpha value is -4.76. The number of benzene rings is 3. The molecular formula is C29H22N4O4S. The van der Waals surface area contributed by atoms with Gasteiger partial charge in [-0.1, -0.05) is 36.4 Å². The van der Waals surface area contributed by atoms with Crippen LogP contribution in [0.3, 0.4) is 0 Å². The summed E-state index contributed by atoms with van der Waals surface area (Å²) in [5.41, 5.74) is 5.05. The van der Waals surface area contributed by atoms with Crippen molar-refractivity contribution in [2.45, 2.75) is 12.8 Å². The van der Waals surface area contributed by atoms with Gasteiger partial charge >= 0.3 is 5.97 Å². The van der Waals surface area contributed by atoms with Crippen molar-refractivity contribution in [3.05, 3.63) is 106 Å². The number of nitrogens with one attached hydrogen (secondary N) is 1. The summed E-state index contributed by atoms with van der Waals surface area (Å²) < 4.78 is 0. The number of aromatic hydroxyl groups is 1. The van der Waals surface area contributed by atoms with Crippen LogP contribution in [0.1, 0.15) is 32.1 Å². The average molecular weight is 523 g/mol. The third kappa shape index (κ3) is 4.33. The summed E-state index contributed by atoms with van der Waals surface area (Å²) >= 11 is 1.47. The summed E-state index contributed by atoms with van der Waals surface area (Å²) in [5, 5.41) is 23.6. The van der Waals surface area contributed by atoms with Gasteiger partial charge in [-0.2, -0.15) is 0 Å². The first-order valence-corrected chi connectivity index (χ1v) is 12.9. The molecule has 1 amide bonds. The molecule has 1 aliphatic rings. The number of carboxylic acids is 1. The van der Waals surface area contributed by atoms with Crippen LogP contribution >= 0.6 is 11.3 Å². The number of carbonyl (C=O) groups excluding carboxylic acids is 1. The van der Waals surface area contributed by atoms with Gasteiger partial charge in [0.25, 0.3) is 0 Å². The van der Waals surface area contributed by atoms with Crippen molar-refractivity contribution >= 4 is 51.2 Å². The number of thiazole rings is 1. The van der Waals surface area contributed by atoms with Gasteiger partial charge in [-0.3, -0.25) is 4.79 Å². The van der Waals surface area contributed by atoms with E-state index in [1.807, 2.05) is 53.9 Å². The number of carbonyl (C=O) groups is 2. The van der Waals surface area contributed by atoms with E-state index in [1.54, 1.807) is 17.2 Å². The Morgan fingerprint density at radius 3 is 2.66 bits per heavy atom. The number of amides is 1. The smallest absolute Gasteiger partial charge is 0.335 e. The van der Waals surface area contributed by atoms with Gasteiger partial charge in [-0.15, -0.1) is 11.3 Å². The van der Waals surface area contributed by atoms with Gasteiger partial charge in [0, 0.05) is 40.3 Å². The standard InChI is InChI=1S/C29H22N4O4S/c34-25(16-24-30-11-13-38-24)33-12-10-18-14-20(7-9-23(18)33)31-27(17-4-2-1-3-5-17)26-21-8-6-19(29(36)37)15-22(21)32-28(26)35/h1-9,11,13-15,32,35H,10,12,16H2,(H,36,37). The largest absolute Gasteiger partial charge is 0.494 e. The molecule has 0 unspecified atom stereocenters. The summed E-state index contributed by atoms with van der Waals surface area (Å²) in [5.74, 6) is -1.12. The third-order valence-electron chi connectivity index (χ3n) is 6.60. The van der Waals surface area contributed by atoms with E-state index in [0.717, 1.165) is 28.2 Å². The molecule has 0 saturated heterocycles. The Balaban J connectivity index is 1.40. The minimum atomic E-state index is -1.04. The summed E-state index contributed by atoms with van der Waals surface area (Å²) in [4.78, 5) is 38.2. The van der Waals surface area contributed by atoms with E-state index in [4.69, 9.17) is 4.99 Å². The molecule has 0 atom stereocenters. The lowest BCUT2D eigenvalue weighted by Crippen LogP contribution is -2.30. The van der Waals surface area contributed by atoms with Crippen LogP contribution in [0.25, 0.3) is 10.9 Å².